The van der Waals surface area contributed by atoms with Crippen LogP contribution < -0.4 is 5.32 Å². The van der Waals surface area contributed by atoms with Gasteiger partial charge in [0.1, 0.15) is 0 Å². The zero-order chi connectivity index (χ0) is 67.0. The molecule has 0 spiro atoms. The largest absolute Gasteiger partial charge is 0.466 e. The number of esters is 1. The zero-order valence-corrected chi connectivity index (χ0v) is 63.3. The summed E-state index contributed by atoms with van der Waals surface area (Å²) in [4.78, 5) is 24.7. The molecule has 0 radical (unpaired) electrons. The van der Waals surface area contributed by atoms with E-state index in [-0.39, 0.29) is 18.5 Å². The lowest BCUT2D eigenvalue weighted by molar-refractivity contribution is -0.143. The Bertz CT molecular complexity index is 1510. The van der Waals surface area contributed by atoms with Gasteiger partial charge in [-0.25, -0.2) is 0 Å². The average Bonchev–Trinajstić information content (AvgIpc) is 3.78. The summed E-state index contributed by atoms with van der Waals surface area (Å²) >= 11 is 0. The summed E-state index contributed by atoms with van der Waals surface area (Å²) in [7, 11) is 0. The van der Waals surface area contributed by atoms with Crippen molar-refractivity contribution in [2.45, 2.75) is 495 Å². The van der Waals surface area contributed by atoms with E-state index in [0.29, 0.717) is 25.9 Å². The van der Waals surface area contributed by atoms with Crippen molar-refractivity contribution in [2.75, 3.05) is 13.2 Å². The molecule has 0 aromatic rings. The van der Waals surface area contributed by atoms with Gasteiger partial charge in [0.05, 0.1) is 25.4 Å². The van der Waals surface area contributed by atoms with Crippen LogP contribution in [-0.2, 0) is 14.3 Å². The number of carbonyl (C=O) groups is 2. The average molecular weight is 1310 g/mol. The predicted octanol–water partition coefficient (Wildman–Crippen LogP) is 28.6. The summed E-state index contributed by atoms with van der Waals surface area (Å²) in [6.45, 7) is 5.00. The van der Waals surface area contributed by atoms with Gasteiger partial charge in [-0.15, -0.1) is 0 Å². The highest BCUT2D eigenvalue weighted by Gasteiger charge is 2.20. The van der Waals surface area contributed by atoms with Gasteiger partial charge in [-0.1, -0.05) is 423 Å². The van der Waals surface area contributed by atoms with Crippen LogP contribution >= 0.6 is 0 Å². The molecule has 0 heterocycles. The molecule has 550 valence electrons. The third-order valence-corrected chi connectivity index (χ3v) is 20.2. The fraction of sp³-hybridized carbons (Fsp3) is 0.908. The van der Waals surface area contributed by atoms with Gasteiger partial charge in [0, 0.05) is 12.8 Å². The molecule has 2 unspecified atom stereocenters. The molecule has 3 N–H and O–H groups in total. The van der Waals surface area contributed by atoms with Gasteiger partial charge < -0.3 is 20.3 Å². The summed E-state index contributed by atoms with van der Waals surface area (Å²) in [6.07, 6.45) is 108. The quantitative estimate of drug-likeness (QED) is 0.0320. The Labute approximate surface area is 583 Å². The molecule has 0 saturated carbocycles. The van der Waals surface area contributed by atoms with Gasteiger partial charge in [-0.2, -0.15) is 0 Å². The summed E-state index contributed by atoms with van der Waals surface area (Å²) in [5.74, 6) is -0.0131. The third kappa shape index (κ3) is 79.0. The fourth-order valence-corrected chi connectivity index (χ4v) is 13.7. The Kier molecular flexibility index (Phi) is 80.8. The molecule has 0 bridgehead atoms. The second-order valence-corrected chi connectivity index (χ2v) is 29.5. The second-order valence-electron chi connectivity index (χ2n) is 29.5. The number of hydrogen-bond acceptors (Lipinski definition) is 5. The van der Waals surface area contributed by atoms with Gasteiger partial charge in [-0.3, -0.25) is 9.59 Å². The first-order chi connectivity index (χ1) is 46.0. The number of amides is 1. The van der Waals surface area contributed by atoms with Crippen LogP contribution in [0.3, 0.4) is 0 Å². The van der Waals surface area contributed by atoms with Crippen molar-refractivity contribution in [2.24, 2.45) is 0 Å². The highest BCUT2D eigenvalue weighted by molar-refractivity contribution is 5.76. The number of rotatable bonds is 81. The molecule has 93 heavy (non-hydrogen) atoms. The number of carbonyl (C=O) groups excluding carboxylic acids is 2. The van der Waals surface area contributed by atoms with E-state index in [2.05, 4.69) is 55.6 Å². The molecule has 0 fully saturated rings. The predicted molar refractivity (Wildman–Crippen MR) is 412 cm³/mol. The SMILES string of the molecule is CCCCCCCC/C=C\CCCCCCCC(=O)OCCCCCCCCCCCCCCCCC/C=C\C/C=C\CCCCCCCCCCCCCCCCCCCC(=O)NC(CO)C(O)CCCCCCCCCCCCCCCCCCCCCCCC. The minimum absolute atomic E-state index is 0.0132. The molecule has 6 heteroatoms. The van der Waals surface area contributed by atoms with Crippen LogP contribution in [0.4, 0.5) is 0 Å². The maximum atomic E-state index is 12.6. The van der Waals surface area contributed by atoms with Crippen LogP contribution in [0, 0.1) is 0 Å². The van der Waals surface area contributed by atoms with Crippen molar-refractivity contribution in [3.8, 4) is 0 Å². The van der Waals surface area contributed by atoms with E-state index in [1.54, 1.807) is 0 Å². The molecule has 0 aliphatic carbocycles. The molecule has 2 atom stereocenters. The van der Waals surface area contributed by atoms with E-state index in [1.807, 2.05) is 0 Å². The molecule has 0 saturated heterocycles. The van der Waals surface area contributed by atoms with Gasteiger partial charge in [0.25, 0.3) is 0 Å². The van der Waals surface area contributed by atoms with E-state index < -0.39 is 12.1 Å². The normalized spacial score (nSPS) is 12.6. The minimum atomic E-state index is -0.664. The first kappa shape index (κ1) is 91.1. The van der Waals surface area contributed by atoms with E-state index >= 15 is 0 Å². The first-order valence-electron chi connectivity index (χ1n) is 42.7. The number of ether oxygens (including phenoxy) is 1. The Morgan fingerprint density at radius 1 is 0.301 bits per heavy atom. The number of allylic oxidation sites excluding steroid dienone is 6. The fourth-order valence-electron chi connectivity index (χ4n) is 13.7. The third-order valence-electron chi connectivity index (χ3n) is 20.2. The Hall–Kier alpha value is -1.92. The van der Waals surface area contributed by atoms with Gasteiger partial charge >= 0.3 is 5.97 Å². The monoisotopic (exact) mass is 1310 g/mol. The molecular weight excluding hydrogens is 1140 g/mol. The van der Waals surface area contributed by atoms with E-state index in [1.165, 1.54) is 398 Å². The molecule has 0 aromatic carbocycles. The van der Waals surface area contributed by atoms with Crippen LogP contribution in [0.1, 0.15) is 483 Å². The lowest BCUT2D eigenvalue weighted by Gasteiger charge is -2.22. The molecule has 0 aliphatic rings. The Morgan fingerprint density at radius 3 is 0.828 bits per heavy atom. The molecule has 0 aliphatic heterocycles. The van der Waals surface area contributed by atoms with Crippen LogP contribution in [0.15, 0.2) is 36.5 Å². The van der Waals surface area contributed by atoms with Crippen molar-refractivity contribution in [1.29, 1.82) is 0 Å². The number of hydrogen-bond donors (Lipinski definition) is 3. The second kappa shape index (κ2) is 82.5. The number of aliphatic hydroxyl groups excluding tert-OH is 2. The molecular formula is C87H167NO5. The lowest BCUT2D eigenvalue weighted by Crippen LogP contribution is -2.45. The first-order valence-corrected chi connectivity index (χ1v) is 42.7. The Morgan fingerprint density at radius 2 is 0.538 bits per heavy atom. The summed E-state index contributed by atoms with van der Waals surface area (Å²) in [5.41, 5.74) is 0. The maximum Gasteiger partial charge on any atom is 0.305 e. The van der Waals surface area contributed by atoms with Crippen LogP contribution in [0.25, 0.3) is 0 Å². The van der Waals surface area contributed by atoms with E-state index in [9.17, 15) is 19.8 Å². The number of nitrogens with one attached hydrogen (secondary N) is 1. The topological polar surface area (TPSA) is 95.9 Å². The van der Waals surface area contributed by atoms with Crippen molar-refractivity contribution < 1.29 is 24.5 Å². The van der Waals surface area contributed by atoms with Gasteiger partial charge in [0.2, 0.25) is 5.91 Å². The molecule has 0 rings (SSSR count). The van der Waals surface area contributed by atoms with Gasteiger partial charge in [-0.05, 0) is 83.5 Å². The number of unbranched alkanes of at least 4 members (excludes halogenated alkanes) is 64. The molecule has 1 amide bonds. The summed E-state index contributed by atoms with van der Waals surface area (Å²) in [5, 5.41) is 23.5. The van der Waals surface area contributed by atoms with Crippen molar-refractivity contribution in [3.63, 3.8) is 0 Å². The van der Waals surface area contributed by atoms with E-state index in [0.717, 1.165) is 51.4 Å². The lowest BCUT2D eigenvalue weighted by atomic mass is 10.0. The smallest absolute Gasteiger partial charge is 0.305 e. The molecule has 6 nitrogen and oxygen atoms in total. The summed E-state index contributed by atoms with van der Waals surface area (Å²) < 4.78 is 5.50. The van der Waals surface area contributed by atoms with Crippen molar-refractivity contribution in [1.82, 2.24) is 5.32 Å². The van der Waals surface area contributed by atoms with Crippen molar-refractivity contribution >= 4 is 11.9 Å². The highest BCUT2D eigenvalue weighted by atomic mass is 16.5. The van der Waals surface area contributed by atoms with Crippen LogP contribution in [0.2, 0.25) is 0 Å². The highest BCUT2D eigenvalue weighted by Crippen LogP contribution is 2.20. The minimum Gasteiger partial charge on any atom is -0.466 e. The maximum absolute atomic E-state index is 12.6. The zero-order valence-electron chi connectivity index (χ0n) is 63.3. The summed E-state index contributed by atoms with van der Waals surface area (Å²) in [6, 6.07) is -0.541. The van der Waals surface area contributed by atoms with Gasteiger partial charge in [0.15, 0.2) is 0 Å². The molecule has 0 aromatic heterocycles. The van der Waals surface area contributed by atoms with Crippen molar-refractivity contribution in [3.05, 3.63) is 36.5 Å². The standard InChI is InChI=1S/C87H167NO5/c1-3-5-7-9-11-13-15-17-19-20-21-22-42-45-48-52-55-59-63-67-71-75-79-85(90)84(83-89)88-86(91)80-76-72-68-64-60-56-53-49-46-43-40-38-36-34-32-30-28-26-24-23-25-27-29-31-33-35-37-39-41-44-47-50-54-58-62-66-70-74-78-82-93-87(92)81-77-73-69-65-61-57-51-18-16-14-12-10-8-6-4-2/h18,23-24,27,29,51,84-85,89-90H,3-17,19-22,25-26,28,30-50,52-83H2,1-2H3,(H,88,91)/b24-23-,29-27-,51-18-. The Balaban J connectivity index is 3.35. The van der Waals surface area contributed by atoms with E-state index in [4.69, 9.17) is 4.74 Å². The van der Waals surface area contributed by atoms with Crippen LogP contribution in [0.5, 0.6) is 0 Å². The van der Waals surface area contributed by atoms with Crippen LogP contribution in [-0.4, -0.2) is 47.4 Å². The number of aliphatic hydroxyl groups is 2.